The highest BCUT2D eigenvalue weighted by Crippen LogP contribution is 2.34. The summed E-state index contributed by atoms with van der Waals surface area (Å²) >= 11 is 0. The standard InChI is InChI=1S/C14H15N3O/c1-8(2)13-12(17-14(15)18-13)10-7-16-11-6-4-3-5-9(10)11/h3-8,16H,1-2H3,(H2,15,17). The van der Waals surface area contributed by atoms with Crippen LogP contribution < -0.4 is 5.73 Å². The Morgan fingerprint density at radius 2 is 2.06 bits per heavy atom. The molecule has 0 aliphatic carbocycles. The quantitative estimate of drug-likeness (QED) is 0.721. The van der Waals surface area contributed by atoms with Crippen LogP contribution in [0.5, 0.6) is 0 Å². The summed E-state index contributed by atoms with van der Waals surface area (Å²) in [5.41, 5.74) is 8.64. The number of nitrogen functional groups attached to an aromatic ring is 1. The van der Waals surface area contributed by atoms with E-state index in [-0.39, 0.29) is 11.9 Å². The molecule has 0 unspecified atom stereocenters. The highest BCUT2D eigenvalue weighted by molar-refractivity contribution is 5.95. The van der Waals surface area contributed by atoms with Crippen molar-refractivity contribution in [2.75, 3.05) is 5.73 Å². The number of aromatic amines is 1. The van der Waals surface area contributed by atoms with Crippen molar-refractivity contribution in [3.8, 4) is 11.3 Å². The van der Waals surface area contributed by atoms with Crippen molar-refractivity contribution in [3.63, 3.8) is 0 Å². The van der Waals surface area contributed by atoms with E-state index in [2.05, 4.69) is 29.9 Å². The molecule has 0 fully saturated rings. The van der Waals surface area contributed by atoms with Crippen LogP contribution in [0.2, 0.25) is 0 Å². The van der Waals surface area contributed by atoms with Crippen molar-refractivity contribution in [1.82, 2.24) is 9.97 Å². The highest BCUT2D eigenvalue weighted by atomic mass is 16.4. The number of fused-ring (bicyclic) bond motifs is 1. The summed E-state index contributed by atoms with van der Waals surface area (Å²) in [6.45, 7) is 4.14. The number of hydrogen-bond acceptors (Lipinski definition) is 3. The molecule has 3 aromatic rings. The number of H-pyrrole nitrogens is 1. The smallest absolute Gasteiger partial charge is 0.292 e. The molecule has 0 saturated heterocycles. The van der Waals surface area contributed by atoms with E-state index in [9.17, 15) is 0 Å². The second-order valence-corrected chi connectivity index (χ2v) is 4.67. The van der Waals surface area contributed by atoms with Crippen molar-refractivity contribution in [2.45, 2.75) is 19.8 Å². The third-order valence-electron chi connectivity index (χ3n) is 3.04. The van der Waals surface area contributed by atoms with Crippen molar-refractivity contribution in [3.05, 3.63) is 36.2 Å². The third-order valence-corrected chi connectivity index (χ3v) is 3.04. The van der Waals surface area contributed by atoms with Crippen LogP contribution in [0.3, 0.4) is 0 Å². The molecule has 18 heavy (non-hydrogen) atoms. The van der Waals surface area contributed by atoms with E-state index < -0.39 is 0 Å². The topological polar surface area (TPSA) is 67.8 Å². The van der Waals surface area contributed by atoms with Crippen molar-refractivity contribution in [2.24, 2.45) is 0 Å². The van der Waals surface area contributed by atoms with Crippen LogP contribution in [-0.2, 0) is 0 Å². The van der Waals surface area contributed by atoms with E-state index >= 15 is 0 Å². The second kappa shape index (κ2) is 3.91. The fourth-order valence-corrected chi connectivity index (χ4v) is 2.20. The van der Waals surface area contributed by atoms with Gasteiger partial charge in [0.05, 0.1) is 0 Å². The van der Waals surface area contributed by atoms with Gasteiger partial charge in [-0.3, -0.25) is 0 Å². The van der Waals surface area contributed by atoms with Crippen LogP contribution in [0.25, 0.3) is 22.2 Å². The van der Waals surface area contributed by atoms with Crippen molar-refractivity contribution >= 4 is 16.9 Å². The fraction of sp³-hybridized carbons (Fsp3) is 0.214. The fourth-order valence-electron chi connectivity index (χ4n) is 2.20. The van der Waals surface area contributed by atoms with Crippen LogP contribution in [-0.4, -0.2) is 9.97 Å². The molecule has 2 aromatic heterocycles. The molecule has 0 radical (unpaired) electrons. The zero-order valence-electron chi connectivity index (χ0n) is 10.4. The Hall–Kier alpha value is -2.23. The van der Waals surface area contributed by atoms with Crippen LogP contribution in [0.1, 0.15) is 25.5 Å². The van der Waals surface area contributed by atoms with E-state index in [1.54, 1.807) is 0 Å². The maximum atomic E-state index is 5.68. The first kappa shape index (κ1) is 10.9. The maximum Gasteiger partial charge on any atom is 0.292 e. The number of nitrogens with two attached hydrogens (primary N) is 1. The molecule has 2 heterocycles. The molecule has 0 atom stereocenters. The Labute approximate surface area is 105 Å². The normalized spacial score (nSPS) is 11.5. The van der Waals surface area contributed by atoms with Gasteiger partial charge in [-0.1, -0.05) is 32.0 Å². The lowest BCUT2D eigenvalue weighted by Gasteiger charge is -2.02. The minimum Gasteiger partial charge on any atom is -0.428 e. The van der Waals surface area contributed by atoms with E-state index in [1.165, 1.54) is 0 Å². The summed E-state index contributed by atoms with van der Waals surface area (Å²) in [6, 6.07) is 8.34. The van der Waals surface area contributed by atoms with Crippen LogP contribution in [0, 0.1) is 0 Å². The molecule has 4 nitrogen and oxygen atoms in total. The first-order valence-electron chi connectivity index (χ1n) is 5.99. The number of rotatable bonds is 2. The SMILES string of the molecule is CC(C)c1oc(N)nc1-c1c[nH]c2ccccc12. The van der Waals surface area contributed by atoms with Gasteiger partial charge in [0.1, 0.15) is 11.5 Å². The van der Waals surface area contributed by atoms with E-state index in [1.807, 2.05) is 24.4 Å². The minimum atomic E-state index is 0.221. The summed E-state index contributed by atoms with van der Waals surface area (Å²) in [6.07, 6.45) is 1.95. The van der Waals surface area contributed by atoms with Gasteiger partial charge in [0.15, 0.2) is 0 Å². The Bertz CT molecular complexity index is 694. The van der Waals surface area contributed by atoms with Gasteiger partial charge >= 0.3 is 0 Å². The number of oxazole rings is 1. The summed E-state index contributed by atoms with van der Waals surface area (Å²) < 4.78 is 5.50. The van der Waals surface area contributed by atoms with Gasteiger partial charge < -0.3 is 15.1 Å². The highest BCUT2D eigenvalue weighted by Gasteiger charge is 2.19. The number of nitrogens with one attached hydrogen (secondary N) is 1. The third kappa shape index (κ3) is 1.57. The van der Waals surface area contributed by atoms with Gasteiger partial charge in [-0.2, -0.15) is 4.98 Å². The molecular weight excluding hydrogens is 226 g/mol. The van der Waals surface area contributed by atoms with Crippen LogP contribution >= 0.6 is 0 Å². The Morgan fingerprint density at radius 3 is 2.83 bits per heavy atom. The Kier molecular flexibility index (Phi) is 2.37. The molecule has 92 valence electrons. The molecule has 1 aromatic carbocycles. The average Bonchev–Trinajstić information content (AvgIpc) is 2.92. The molecule has 0 saturated carbocycles. The minimum absolute atomic E-state index is 0.221. The summed E-state index contributed by atoms with van der Waals surface area (Å²) in [7, 11) is 0. The Morgan fingerprint density at radius 1 is 1.28 bits per heavy atom. The van der Waals surface area contributed by atoms with E-state index in [4.69, 9.17) is 10.2 Å². The lowest BCUT2D eigenvalue weighted by Crippen LogP contribution is -1.88. The van der Waals surface area contributed by atoms with E-state index in [0.29, 0.717) is 0 Å². The largest absolute Gasteiger partial charge is 0.428 e. The summed E-state index contributed by atoms with van der Waals surface area (Å²) in [4.78, 5) is 7.56. The predicted octanol–water partition coefficient (Wildman–Crippen LogP) is 3.53. The number of aromatic nitrogens is 2. The number of benzene rings is 1. The van der Waals surface area contributed by atoms with Crippen LogP contribution in [0.15, 0.2) is 34.9 Å². The average molecular weight is 241 g/mol. The molecule has 0 bridgehead atoms. The van der Waals surface area contributed by atoms with Gasteiger partial charge in [-0.15, -0.1) is 0 Å². The van der Waals surface area contributed by atoms with Crippen LogP contribution in [0.4, 0.5) is 6.01 Å². The number of para-hydroxylation sites is 1. The molecule has 4 heteroatoms. The zero-order chi connectivity index (χ0) is 12.7. The Balaban J connectivity index is 2.26. The lowest BCUT2D eigenvalue weighted by molar-refractivity contribution is 0.500. The first-order chi connectivity index (χ1) is 8.66. The molecule has 3 rings (SSSR count). The van der Waals surface area contributed by atoms with Crippen molar-refractivity contribution < 1.29 is 4.42 Å². The zero-order valence-corrected chi connectivity index (χ0v) is 10.4. The summed E-state index contributed by atoms with van der Waals surface area (Å²) in [5.74, 6) is 1.08. The molecule has 0 amide bonds. The van der Waals surface area contributed by atoms with Gasteiger partial charge in [-0.25, -0.2) is 0 Å². The maximum absolute atomic E-state index is 5.68. The van der Waals surface area contributed by atoms with Crippen molar-refractivity contribution in [1.29, 1.82) is 0 Å². The first-order valence-corrected chi connectivity index (χ1v) is 5.99. The predicted molar refractivity (Wildman–Crippen MR) is 72.3 cm³/mol. The molecule has 0 spiro atoms. The number of nitrogens with zero attached hydrogens (tertiary/aromatic N) is 1. The number of anilines is 1. The van der Waals surface area contributed by atoms with Gasteiger partial charge in [0.25, 0.3) is 6.01 Å². The summed E-state index contributed by atoms with van der Waals surface area (Å²) in [5, 5.41) is 1.13. The molecule has 0 aliphatic heterocycles. The molecule has 3 N–H and O–H groups in total. The van der Waals surface area contributed by atoms with Gasteiger partial charge in [-0.05, 0) is 6.07 Å². The lowest BCUT2D eigenvalue weighted by atomic mass is 10.0. The monoisotopic (exact) mass is 241 g/mol. The molecular formula is C14H15N3O. The number of hydrogen-bond donors (Lipinski definition) is 2. The molecule has 0 aliphatic rings. The van der Waals surface area contributed by atoms with Gasteiger partial charge in [0.2, 0.25) is 0 Å². The second-order valence-electron chi connectivity index (χ2n) is 4.67. The van der Waals surface area contributed by atoms with E-state index in [0.717, 1.165) is 27.9 Å². The van der Waals surface area contributed by atoms with Gasteiger partial charge in [0, 0.05) is 28.6 Å².